The lowest BCUT2D eigenvalue weighted by Gasteiger charge is -2.19. The van der Waals surface area contributed by atoms with E-state index < -0.39 is 18.0 Å². The second-order valence-electron chi connectivity index (χ2n) is 6.04. The predicted molar refractivity (Wildman–Crippen MR) is 109 cm³/mol. The van der Waals surface area contributed by atoms with Gasteiger partial charge in [0.1, 0.15) is 0 Å². The Morgan fingerprint density at radius 1 is 1.14 bits per heavy atom. The molecule has 0 fully saturated rings. The normalized spacial score (nSPS) is 12.8. The standard InChI is InChI=1S/C21H18Cl2N2O3/c1-13(18-9-8-17(22)11-19(18)23)25-21(27)14(2)28-20(26)10-7-15-3-5-16(12-24)6-4-15/h3-11,13-14H,1-2H3,(H,25,27)/b10-7+/t13-,14-/m1/s1. The van der Waals surface area contributed by atoms with Gasteiger partial charge in [-0.25, -0.2) is 4.79 Å². The average Bonchev–Trinajstić information content (AvgIpc) is 2.66. The van der Waals surface area contributed by atoms with Crippen LogP contribution in [0.15, 0.2) is 48.5 Å². The van der Waals surface area contributed by atoms with Crippen molar-refractivity contribution in [2.24, 2.45) is 0 Å². The monoisotopic (exact) mass is 416 g/mol. The third kappa shape index (κ3) is 6.12. The quantitative estimate of drug-likeness (QED) is 0.547. The van der Waals surface area contributed by atoms with Gasteiger partial charge in [0.15, 0.2) is 6.10 Å². The summed E-state index contributed by atoms with van der Waals surface area (Å²) < 4.78 is 5.12. The second kappa shape index (κ2) is 9.93. The van der Waals surface area contributed by atoms with Gasteiger partial charge in [-0.3, -0.25) is 4.79 Å². The Hall–Kier alpha value is -2.81. The summed E-state index contributed by atoms with van der Waals surface area (Å²) in [5.41, 5.74) is 1.97. The highest BCUT2D eigenvalue weighted by molar-refractivity contribution is 6.35. The maximum atomic E-state index is 12.3. The Kier molecular flexibility index (Phi) is 7.62. The molecule has 2 atom stereocenters. The van der Waals surface area contributed by atoms with Crippen molar-refractivity contribution in [2.45, 2.75) is 26.0 Å². The molecule has 28 heavy (non-hydrogen) atoms. The largest absolute Gasteiger partial charge is 0.449 e. The third-order valence-electron chi connectivity index (χ3n) is 3.90. The van der Waals surface area contributed by atoms with Gasteiger partial charge in [-0.15, -0.1) is 0 Å². The fourth-order valence-electron chi connectivity index (χ4n) is 2.36. The molecule has 0 bridgehead atoms. The van der Waals surface area contributed by atoms with Crippen LogP contribution in [0.2, 0.25) is 10.0 Å². The smallest absolute Gasteiger partial charge is 0.331 e. The van der Waals surface area contributed by atoms with Gasteiger partial charge < -0.3 is 10.1 Å². The van der Waals surface area contributed by atoms with Crippen molar-refractivity contribution in [1.29, 1.82) is 5.26 Å². The summed E-state index contributed by atoms with van der Waals surface area (Å²) in [5.74, 6) is -1.09. The van der Waals surface area contributed by atoms with Crippen molar-refractivity contribution in [3.05, 3.63) is 75.3 Å². The van der Waals surface area contributed by atoms with E-state index in [9.17, 15) is 9.59 Å². The second-order valence-corrected chi connectivity index (χ2v) is 6.89. The van der Waals surface area contributed by atoms with Gasteiger partial charge in [0, 0.05) is 16.1 Å². The lowest BCUT2D eigenvalue weighted by atomic mass is 10.1. The zero-order valence-corrected chi connectivity index (χ0v) is 16.8. The van der Waals surface area contributed by atoms with Crippen LogP contribution in [0.5, 0.6) is 0 Å². The Balaban J connectivity index is 1.90. The minimum absolute atomic E-state index is 0.382. The third-order valence-corrected chi connectivity index (χ3v) is 4.46. The number of hydrogen-bond acceptors (Lipinski definition) is 4. The minimum Gasteiger partial charge on any atom is -0.449 e. The summed E-state index contributed by atoms with van der Waals surface area (Å²) in [6, 6.07) is 13.3. The van der Waals surface area contributed by atoms with E-state index in [1.807, 2.05) is 6.07 Å². The van der Waals surface area contributed by atoms with Crippen LogP contribution in [0.1, 0.15) is 36.6 Å². The predicted octanol–water partition coefficient (Wildman–Crippen LogP) is 4.69. The number of carbonyl (C=O) groups excluding carboxylic acids is 2. The molecule has 2 aromatic carbocycles. The number of amides is 1. The summed E-state index contributed by atoms with van der Waals surface area (Å²) in [7, 11) is 0. The van der Waals surface area contributed by atoms with Gasteiger partial charge in [-0.05, 0) is 55.3 Å². The topological polar surface area (TPSA) is 79.2 Å². The summed E-state index contributed by atoms with van der Waals surface area (Å²) in [6.45, 7) is 3.26. The van der Waals surface area contributed by atoms with Gasteiger partial charge in [-0.2, -0.15) is 5.26 Å². The Morgan fingerprint density at radius 3 is 2.43 bits per heavy atom. The van der Waals surface area contributed by atoms with Crippen molar-refractivity contribution in [2.75, 3.05) is 0 Å². The summed E-state index contributed by atoms with van der Waals surface area (Å²) >= 11 is 12.0. The highest BCUT2D eigenvalue weighted by Crippen LogP contribution is 2.26. The van der Waals surface area contributed by atoms with E-state index in [2.05, 4.69) is 5.32 Å². The number of nitrogens with zero attached hydrogens (tertiary/aromatic N) is 1. The van der Waals surface area contributed by atoms with Gasteiger partial charge in [0.2, 0.25) is 0 Å². The van der Waals surface area contributed by atoms with Gasteiger partial charge in [0.25, 0.3) is 5.91 Å². The van der Waals surface area contributed by atoms with E-state index in [0.717, 1.165) is 5.56 Å². The van der Waals surface area contributed by atoms with Crippen LogP contribution < -0.4 is 5.32 Å². The molecular weight excluding hydrogens is 399 g/mol. The Labute approximate surface area is 173 Å². The van der Waals surface area contributed by atoms with Gasteiger partial charge in [0.05, 0.1) is 17.7 Å². The maximum absolute atomic E-state index is 12.3. The SMILES string of the molecule is C[C@@H](OC(=O)/C=C/c1ccc(C#N)cc1)C(=O)N[C@H](C)c1ccc(Cl)cc1Cl. The summed E-state index contributed by atoms with van der Waals surface area (Å²) in [5, 5.41) is 12.5. The first-order chi connectivity index (χ1) is 13.3. The summed E-state index contributed by atoms with van der Waals surface area (Å²) in [4.78, 5) is 24.2. The molecule has 0 aliphatic rings. The van der Waals surface area contributed by atoms with E-state index in [-0.39, 0.29) is 6.04 Å². The Morgan fingerprint density at radius 2 is 1.82 bits per heavy atom. The highest BCUT2D eigenvalue weighted by Gasteiger charge is 2.20. The fourth-order valence-corrected chi connectivity index (χ4v) is 2.93. The lowest BCUT2D eigenvalue weighted by Crippen LogP contribution is -2.37. The number of benzene rings is 2. The Bertz CT molecular complexity index is 934. The number of nitrogens with one attached hydrogen (secondary N) is 1. The molecule has 0 aliphatic carbocycles. The fraction of sp³-hybridized carbons (Fsp3) is 0.190. The molecule has 0 radical (unpaired) electrons. The highest BCUT2D eigenvalue weighted by atomic mass is 35.5. The molecule has 5 nitrogen and oxygen atoms in total. The molecule has 7 heteroatoms. The molecule has 2 rings (SSSR count). The number of ether oxygens (including phenoxy) is 1. The van der Waals surface area contributed by atoms with Crippen molar-refractivity contribution in [1.82, 2.24) is 5.32 Å². The van der Waals surface area contributed by atoms with Crippen molar-refractivity contribution in [3.63, 3.8) is 0 Å². The number of halogens is 2. The molecule has 0 unspecified atom stereocenters. The number of esters is 1. The molecule has 0 saturated heterocycles. The zero-order chi connectivity index (χ0) is 20.7. The first kappa shape index (κ1) is 21.5. The molecule has 0 spiro atoms. The zero-order valence-electron chi connectivity index (χ0n) is 15.3. The first-order valence-electron chi connectivity index (χ1n) is 8.44. The van der Waals surface area contributed by atoms with Crippen LogP contribution in [-0.4, -0.2) is 18.0 Å². The lowest BCUT2D eigenvalue weighted by molar-refractivity contribution is -0.150. The van der Waals surface area contributed by atoms with Crippen LogP contribution in [0.3, 0.4) is 0 Å². The number of nitriles is 1. The molecule has 0 aromatic heterocycles. The molecule has 0 heterocycles. The van der Waals surface area contributed by atoms with Crippen molar-refractivity contribution < 1.29 is 14.3 Å². The van der Waals surface area contributed by atoms with Crippen LogP contribution in [0, 0.1) is 11.3 Å². The number of hydrogen-bond donors (Lipinski definition) is 1. The van der Waals surface area contributed by atoms with E-state index in [0.29, 0.717) is 21.2 Å². The number of carbonyl (C=O) groups is 2. The van der Waals surface area contributed by atoms with Gasteiger partial charge in [-0.1, -0.05) is 41.4 Å². The van der Waals surface area contributed by atoms with Crippen LogP contribution >= 0.6 is 23.2 Å². The average molecular weight is 417 g/mol. The summed E-state index contributed by atoms with van der Waals surface area (Å²) in [6.07, 6.45) is 1.79. The molecule has 0 aliphatic heterocycles. The van der Waals surface area contributed by atoms with Crippen molar-refractivity contribution in [3.8, 4) is 6.07 Å². The van der Waals surface area contributed by atoms with Crippen LogP contribution in [0.4, 0.5) is 0 Å². The van der Waals surface area contributed by atoms with E-state index >= 15 is 0 Å². The molecule has 1 N–H and O–H groups in total. The van der Waals surface area contributed by atoms with Crippen molar-refractivity contribution >= 4 is 41.2 Å². The molecule has 144 valence electrons. The van der Waals surface area contributed by atoms with E-state index in [4.69, 9.17) is 33.2 Å². The van der Waals surface area contributed by atoms with Crippen LogP contribution in [0.25, 0.3) is 6.08 Å². The van der Waals surface area contributed by atoms with E-state index in [1.54, 1.807) is 55.5 Å². The maximum Gasteiger partial charge on any atom is 0.331 e. The number of rotatable bonds is 6. The molecular formula is C21H18Cl2N2O3. The van der Waals surface area contributed by atoms with Crippen LogP contribution in [-0.2, 0) is 14.3 Å². The first-order valence-corrected chi connectivity index (χ1v) is 9.20. The van der Waals surface area contributed by atoms with E-state index in [1.165, 1.54) is 13.0 Å². The minimum atomic E-state index is -0.980. The molecule has 1 amide bonds. The molecule has 0 saturated carbocycles. The van der Waals surface area contributed by atoms with Gasteiger partial charge >= 0.3 is 5.97 Å². The molecule has 2 aromatic rings.